The van der Waals surface area contributed by atoms with Crippen LogP contribution < -0.4 is 4.74 Å². The van der Waals surface area contributed by atoms with Gasteiger partial charge in [-0.05, 0) is 61.7 Å². The molecular formula is C24H25F4NO6S. The largest absolute Gasteiger partial charge is 0.489 e. The Kier molecular flexibility index (Phi) is 7.06. The quantitative estimate of drug-likeness (QED) is 0.542. The van der Waals surface area contributed by atoms with Gasteiger partial charge in [-0.15, -0.1) is 0 Å². The summed E-state index contributed by atoms with van der Waals surface area (Å²) in [5.41, 5.74) is -2.32. The van der Waals surface area contributed by atoms with E-state index in [2.05, 4.69) is 0 Å². The lowest BCUT2D eigenvalue weighted by Gasteiger charge is -2.47. The maximum Gasteiger partial charge on any atom is 0.416 e. The first kappa shape index (κ1) is 26.4. The van der Waals surface area contributed by atoms with Crippen molar-refractivity contribution >= 4 is 16.0 Å². The molecule has 1 aliphatic heterocycles. The van der Waals surface area contributed by atoms with Crippen LogP contribution in [0.3, 0.4) is 0 Å². The average Bonchev–Trinajstić information content (AvgIpc) is 3.24. The number of alkyl halides is 3. The lowest BCUT2D eigenvalue weighted by atomic mass is 9.71. The molecule has 2 aromatic rings. The molecule has 0 aromatic heterocycles. The molecule has 1 saturated carbocycles. The van der Waals surface area contributed by atoms with Crippen molar-refractivity contribution in [1.82, 2.24) is 4.31 Å². The number of hydrogen-bond acceptors (Lipinski definition) is 5. The van der Waals surface area contributed by atoms with Crippen molar-refractivity contribution in [1.29, 1.82) is 0 Å². The number of nitrogens with zero attached hydrogens (tertiary/aromatic N) is 1. The molecule has 0 amide bonds. The molecule has 12 heteroatoms. The number of aliphatic carboxylic acids is 1. The van der Waals surface area contributed by atoms with Gasteiger partial charge in [0.1, 0.15) is 24.2 Å². The van der Waals surface area contributed by atoms with Crippen LogP contribution in [0, 0.1) is 11.2 Å². The minimum Gasteiger partial charge on any atom is -0.489 e. The number of carboxylic acid groups (broad SMARTS) is 1. The Morgan fingerprint density at radius 2 is 1.75 bits per heavy atom. The SMILES string of the molecule is O=C(O)C1N(S(=O)(=O)c2ccc(OCc3cc(F)ccc3C(F)(F)F)cc2)CC(O)CC12CCCC2. The molecule has 2 aliphatic rings. The van der Waals surface area contributed by atoms with Gasteiger partial charge in [-0.1, -0.05) is 12.8 Å². The van der Waals surface area contributed by atoms with Crippen LogP contribution >= 0.6 is 0 Å². The molecule has 2 unspecified atom stereocenters. The maximum atomic E-state index is 13.5. The fourth-order valence-electron chi connectivity index (χ4n) is 5.41. The number of benzene rings is 2. The first-order valence-electron chi connectivity index (χ1n) is 11.3. The van der Waals surface area contributed by atoms with Crippen molar-refractivity contribution in [3.63, 3.8) is 0 Å². The summed E-state index contributed by atoms with van der Waals surface area (Å²) in [6.07, 6.45) is -3.01. The number of piperidine rings is 1. The van der Waals surface area contributed by atoms with Crippen LogP contribution in [-0.4, -0.2) is 47.6 Å². The molecular weight excluding hydrogens is 506 g/mol. The molecule has 2 aromatic carbocycles. The predicted molar refractivity (Wildman–Crippen MR) is 119 cm³/mol. The first-order chi connectivity index (χ1) is 16.8. The van der Waals surface area contributed by atoms with E-state index in [1.807, 2.05) is 0 Å². The molecule has 1 heterocycles. The highest BCUT2D eigenvalue weighted by molar-refractivity contribution is 7.89. The Labute approximate surface area is 205 Å². The minimum absolute atomic E-state index is 0.0343. The van der Waals surface area contributed by atoms with Crippen molar-refractivity contribution in [2.75, 3.05) is 6.54 Å². The molecule has 0 bridgehead atoms. The highest BCUT2D eigenvalue weighted by Gasteiger charge is 2.55. The van der Waals surface area contributed by atoms with Crippen LogP contribution in [0.5, 0.6) is 5.75 Å². The number of aliphatic hydroxyl groups excluding tert-OH is 1. The number of halogens is 4. The van der Waals surface area contributed by atoms with Gasteiger partial charge in [-0.25, -0.2) is 12.8 Å². The Hall–Kier alpha value is -2.70. The van der Waals surface area contributed by atoms with Crippen LogP contribution in [0.4, 0.5) is 17.6 Å². The van der Waals surface area contributed by atoms with E-state index in [1.54, 1.807) is 0 Å². The van der Waals surface area contributed by atoms with Crippen LogP contribution in [0.2, 0.25) is 0 Å². The van der Waals surface area contributed by atoms with Gasteiger partial charge >= 0.3 is 12.1 Å². The van der Waals surface area contributed by atoms with Crippen LogP contribution in [0.15, 0.2) is 47.4 Å². The maximum absolute atomic E-state index is 13.5. The number of carbonyl (C=O) groups is 1. The first-order valence-corrected chi connectivity index (χ1v) is 12.8. The summed E-state index contributed by atoms with van der Waals surface area (Å²) in [7, 11) is -4.33. The van der Waals surface area contributed by atoms with Gasteiger partial charge in [0, 0.05) is 17.5 Å². The van der Waals surface area contributed by atoms with E-state index < -0.39 is 63.3 Å². The molecule has 1 saturated heterocycles. The number of sulfonamides is 1. The Morgan fingerprint density at radius 1 is 1.11 bits per heavy atom. The van der Waals surface area contributed by atoms with Gasteiger partial charge in [-0.3, -0.25) is 4.79 Å². The summed E-state index contributed by atoms with van der Waals surface area (Å²) in [5, 5.41) is 20.3. The third-order valence-electron chi connectivity index (χ3n) is 6.93. The second-order valence-electron chi connectivity index (χ2n) is 9.30. The normalized spacial score (nSPS) is 22.6. The van der Waals surface area contributed by atoms with E-state index >= 15 is 0 Å². The second-order valence-corrected chi connectivity index (χ2v) is 11.2. The number of hydrogen-bond donors (Lipinski definition) is 2. The molecule has 1 spiro atoms. The zero-order chi connectivity index (χ0) is 26.3. The molecule has 2 fully saturated rings. The molecule has 1 aliphatic carbocycles. The molecule has 7 nitrogen and oxygen atoms in total. The Morgan fingerprint density at radius 3 is 2.33 bits per heavy atom. The average molecular weight is 532 g/mol. The number of aliphatic hydroxyl groups is 1. The summed E-state index contributed by atoms with van der Waals surface area (Å²) in [6, 6.07) is 5.47. The van der Waals surface area contributed by atoms with Crippen molar-refractivity contribution in [3.05, 3.63) is 59.4 Å². The Balaban J connectivity index is 1.56. The van der Waals surface area contributed by atoms with Gasteiger partial charge in [-0.2, -0.15) is 17.5 Å². The van der Waals surface area contributed by atoms with E-state index in [0.29, 0.717) is 31.0 Å². The summed E-state index contributed by atoms with van der Waals surface area (Å²) >= 11 is 0. The van der Waals surface area contributed by atoms with Crippen LogP contribution in [-0.2, 0) is 27.6 Å². The predicted octanol–water partition coefficient (Wildman–Crippen LogP) is 4.19. The van der Waals surface area contributed by atoms with Crippen molar-refractivity contribution in [2.45, 2.75) is 61.9 Å². The van der Waals surface area contributed by atoms with Gasteiger partial charge in [0.2, 0.25) is 10.0 Å². The lowest BCUT2D eigenvalue weighted by Crippen LogP contribution is -2.61. The summed E-state index contributed by atoms with van der Waals surface area (Å²) in [6.45, 7) is -0.973. The van der Waals surface area contributed by atoms with E-state index in [0.717, 1.165) is 29.3 Å². The fourth-order valence-corrected chi connectivity index (χ4v) is 7.12. The van der Waals surface area contributed by atoms with E-state index in [1.165, 1.54) is 12.1 Å². The molecule has 2 atom stereocenters. The fraction of sp³-hybridized carbons (Fsp3) is 0.458. The molecule has 36 heavy (non-hydrogen) atoms. The highest BCUT2D eigenvalue weighted by atomic mass is 32.2. The number of rotatable bonds is 6. The lowest BCUT2D eigenvalue weighted by molar-refractivity contribution is -0.151. The summed E-state index contributed by atoms with van der Waals surface area (Å²) < 4.78 is 86.1. The van der Waals surface area contributed by atoms with E-state index in [9.17, 15) is 41.0 Å². The number of ether oxygens (including phenoxy) is 1. The zero-order valence-corrected chi connectivity index (χ0v) is 19.9. The minimum atomic E-state index is -4.71. The smallest absolute Gasteiger partial charge is 0.416 e. The molecule has 4 rings (SSSR count). The molecule has 196 valence electrons. The Bertz CT molecular complexity index is 1230. The third-order valence-corrected chi connectivity index (χ3v) is 8.78. The standard InChI is InChI=1S/C24H25F4NO6S/c25-16-3-8-20(24(26,27)28)15(11-16)14-35-18-4-6-19(7-5-18)36(33,34)29-13-17(30)12-23(9-1-2-10-23)21(29)22(31)32/h3-8,11,17,21,30H,1-2,9-10,12-14H2,(H,31,32). The van der Waals surface area contributed by atoms with Crippen LogP contribution in [0.25, 0.3) is 0 Å². The number of carboxylic acids is 1. The van der Waals surface area contributed by atoms with Crippen molar-refractivity contribution in [2.24, 2.45) is 5.41 Å². The summed E-state index contributed by atoms with van der Waals surface area (Å²) in [5.74, 6) is -2.10. The van der Waals surface area contributed by atoms with Gasteiger partial charge < -0.3 is 14.9 Å². The summed E-state index contributed by atoms with van der Waals surface area (Å²) in [4.78, 5) is 11.9. The third kappa shape index (κ3) is 5.07. The molecule has 0 radical (unpaired) electrons. The highest BCUT2D eigenvalue weighted by Crippen LogP contribution is 2.50. The van der Waals surface area contributed by atoms with Crippen molar-refractivity contribution < 1.29 is 45.7 Å². The molecule has 2 N–H and O–H groups in total. The van der Waals surface area contributed by atoms with Crippen LogP contribution in [0.1, 0.15) is 43.2 Å². The topological polar surface area (TPSA) is 104 Å². The zero-order valence-electron chi connectivity index (χ0n) is 19.0. The van der Waals surface area contributed by atoms with Crippen molar-refractivity contribution in [3.8, 4) is 5.75 Å². The van der Waals surface area contributed by atoms with Gasteiger partial charge in [0.05, 0.1) is 16.6 Å². The van der Waals surface area contributed by atoms with Gasteiger partial charge in [0.25, 0.3) is 0 Å². The van der Waals surface area contributed by atoms with Gasteiger partial charge in [0.15, 0.2) is 0 Å². The second kappa shape index (κ2) is 9.64. The monoisotopic (exact) mass is 531 g/mol. The van der Waals surface area contributed by atoms with E-state index in [-0.39, 0.29) is 23.6 Å². The number of β-amino-alcohol motifs (C(OH)–C–C–N with tert-alkyl or cyclic N) is 1. The van der Waals surface area contributed by atoms with E-state index in [4.69, 9.17) is 4.74 Å².